The highest BCUT2D eigenvalue weighted by Gasteiger charge is 2.20. The number of cyclic esters (lactones) is 1. The van der Waals surface area contributed by atoms with Gasteiger partial charge in [-0.05, 0) is 40.3 Å². The van der Waals surface area contributed by atoms with E-state index in [4.69, 9.17) is 4.74 Å². The summed E-state index contributed by atoms with van der Waals surface area (Å²) in [5.41, 5.74) is 1.15. The number of rotatable bonds is 1. The Labute approximate surface area is 108 Å². The average molecular weight is 340 g/mol. The van der Waals surface area contributed by atoms with Gasteiger partial charge in [0.25, 0.3) is 0 Å². The SMILES string of the molecule is Cl.O=C1N[C@@H](c2cccc(I)c2)CCO1. The van der Waals surface area contributed by atoms with Gasteiger partial charge >= 0.3 is 6.09 Å². The third-order valence-electron chi connectivity index (χ3n) is 2.18. The Morgan fingerprint density at radius 2 is 2.27 bits per heavy atom. The van der Waals surface area contributed by atoms with E-state index >= 15 is 0 Å². The van der Waals surface area contributed by atoms with Crippen LogP contribution in [0.15, 0.2) is 24.3 Å². The van der Waals surface area contributed by atoms with Crippen molar-refractivity contribution in [2.45, 2.75) is 12.5 Å². The first-order valence-electron chi connectivity index (χ1n) is 4.44. The molecule has 0 aliphatic carbocycles. The van der Waals surface area contributed by atoms with Crippen LogP contribution in [0.25, 0.3) is 0 Å². The molecular formula is C10H11ClINO2. The van der Waals surface area contributed by atoms with Gasteiger partial charge in [0, 0.05) is 9.99 Å². The molecule has 15 heavy (non-hydrogen) atoms. The summed E-state index contributed by atoms with van der Waals surface area (Å²) in [4.78, 5) is 11.0. The minimum atomic E-state index is -0.319. The summed E-state index contributed by atoms with van der Waals surface area (Å²) in [6.07, 6.45) is 0.520. The van der Waals surface area contributed by atoms with Crippen LogP contribution in [-0.2, 0) is 4.74 Å². The molecule has 1 aromatic rings. The number of halogens is 2. The molecule has 2 rings (SSSR count). The monoisotopic (exact) mass is 339 g/mol. The van der Waals surface area contributed by atoms with E-state index in [1.165, 1.54) is 3.57 Å². The fourth-order valence-electron chi connectivity index (χ4n) is 1.50. The van der Waals surface area contributed by atoms with Crippen molar-refractivity contribution < 1.29 is 9.53 Å². The first-order chi connectivity index (χ1) is 6.75. The fraction of sp³-hybridized carbons (Fsp3) is 0.300. The molecule has 3 nitrogen and oxygen atoms in total. The minimum Gasteiger partial charge on any atom is -0.449 e. The number of ether oxygens (including phenoxy) is 1. The van der Waals surface area contributed by atoms with Crippen LogP contribution in [0.1, 0.15) is 18.0 Å². The van der Waals surface area contributed by atoms with Crippen LogP contribution in [0.2, 0.25) is 0 Å². The smallest absolute Gasteiger partial charge is 0.407 e. The average Bonchev–Trinajstić information content (AvgIpc) is 2.18. The van der Waals surface area contributed by atoms with Crippen molar-refractivity contribution in [3.8, 4) is 0 Å². The van der Waals surface area contributed by atoms with Crippen molar-refractivity contribution in [1.29, 1.82) is 0 Å². The second-order valence-corrected chi connectivity index (χ2v) is 4.42. The van der Waals surface area contributed by atoms with Crippen molar-refractivity contribution in [3.05, 3.63) is 33.4 Å². The summed E-state index contributed by atoms with van der Waals surface area (Å²) in [7, 11) is 0. The van der Waals surface area contributed by atoms with Gasteiger partial charge in [0.1, 0.15) is 0 Å². The maximum Gasteiger partial charge on any atom is 0.407 e. The standard InChI is InChI=1S/C10H10INO2.ClH/c11-8-3-1-2-7(6-8)9-4-5-14-10(13)12-9;/h1-3,6,9H,4-5H2,(H,12,13);1H/t9-;/m1./s1. The number of hydrogen-bond donors (Lipinski definition) is 1. The van der Waals surface area contributed by atoms with Crippen LogP contribution in [-0.4, -0.2) is 12.7 Å². The molecule has 1 amide bonds. The molecule has 0 unspecified atom stereocenters. The summed E-state index contributed by atoms with van der Waals surface area (Å²) in [6.45, 7) is 0.502. The number of hydrogen-bond acceptors (Lipinski definition) is 2. The molecule has 1 aliphatic rings. The van der Waals surface area contributed by atoms with Gasteiger partial charge in [-0.2, -0.15) is 0 Å². The molecule has 1 aliphatic heterocycles. The van der Waals surface area contributed by atoms with Crippen molar-refractivity contribution >= 4 is 41.1 Å². The van der Waals surface area contributed by atoms with Crippen LogP contribution < -0.4 is 5.32 Å². The molecule has 0 bridgehead atoms. The van der Waals surface area contributed by atoms with E-state index in [1.807, 2.05) is 18.2 Å². The lowest BCUT2D eigenvalue weighted by Gasteiger charge is -2.23. The number of amides is 1. The fourth-order valence-corrected chi connectivity index (χ4v) is 2.07. The number of carbonyl (C=O) groups excluding carboxylic acids is 1. The van der Waals surface area contributed by atoms with E-state index < -0.39 is 0 Å². The molecule has 5 heteroatoms. The van der Waals surface area contributed by atoms with Gasteiger partial charge in [0.05, 0.1) is 12.6 Å². The maximum atomic E-state index is 11.0. The zero-order valence-electron chi connectivity index (χ0n) is 7.90. The summed E-state index contributed by atoms with van der Waals surface area (Å²) in [5, 5.41) is 2.80. The number of alkyl carbamates (subject to hydrolysis) is 1. The molecule has 1 N–H and O–H groups in total. The molecule has 1 saturated heterocycles. The summed E-state index contributed by atoms with van der Waals surface area (Å²) < 4.78 is 5.99. The molecule has 82 valence electrons. The highest BCUT2D eigenvalue weighted by Crippen LogP contribution is 2.21. The predicted molar refractivity (Wildman–Crippen MR) is 68.2 cm³/mol. The van der Waals surface area contributed by atoms with E-state index in [0.717, 1.165) is 12.0 Å². The largest absolute Gasteiger partial charge is 0.449 e. The minimum absolute atomic E-state index is 0. The van der Waals surface area contributed by atoms with E-state index in [2.05, 4.69) is 34.0 Å². The first-order valence-corrected chi connectivity index (χ1v) is 5.52. The third kappa shape index (κ3) is 3.24. The lowest BCUT2D eigenvalue weighted by Crippen LogP contribution is -2.35. The summed E-state index contributed by atoms with van der Waals surface area (Å²) in [5.74, 6) is 0. The van der Waals surface area contributed by atoms with Gasteiger partial charge in [0.15, 0.2) is 0 Å². The Morgan fingerprint density at radius 1 is 1.47 bits per heavy atom. The van der Waals surface area contributed by atoms with Gasteiger partial charge in [-0.15, -0.1) is 12.4 Å². The Bertz CT molecular complexity index is 359. The Balaban J connectivity index is 0.00000112. The van der Waals surface area contributed by atoms with E-state index in [1.54, 1.807) is 0 Å². The van der Waals surface area contributed by atoms with Gasteiger partial charge in [-0.1, -0.05) is 12.1 Å². The van der Waals surface area contributed by atoms with Crippen LogP contribution in [0, 0.1) is 3.57 Å². The topological polar surface area (TPSA) is 38.3 Å². The predicted octanol–water partition coefficient (Wildman–Crippen LogP) is 2.88. The maximum absolute atomic E-state index is 11.0. The van der Waals surface area contributed by atoms with Gasteiger partial charge in [-0.3, -0.25) is 0 Å². The molecule has 0 aromatic heterocycles. The van der Waals surface area contributed by atoms with E-state index in [0.29, 0.717) is 6.61 Å². The zero-order chi connectivity index (χ0) is 9.97. The molecule has 0 radical (unpaired) electrons. The molecule has 1 atom stereocenters. The van der Waals surface area contributed by atoms with Gasteiger partial charge in [0.2, 0.25) is 0 Å². The number of carbonyl (C=O) groups is 1. The molecule has 1 fully saturated rings. The Morgan fingerprint density at radius 3 is 2.93 bits per heavy atom. The highest BCUT2D eigenvalue weighted by atomic mass is 127. The molecule has 0 saturated carbocycles. The normalized spacial score (nSPS) is 19.8. The second kappa shape index (κ2) is 5.55. The lowest BCUT2D eigenvalue weighted by atomic mass is 10.0. The second-order valence-electron chi connectivity index (χ2n) is 3.18. The molecular weight excluding hydrogens is 328 g/mol. The lowest BCUT2D eigenvalue weighted by molar-refractivity contribution is 0.115. The zero-order valence-corrected chi connectivity index (χ0v) is 10.9. The first kappa shape index (κ1) is 12.6. The molecule has 1 aromatic carbocycles. The van der Waals surface area contributed by atoms with Crippen LogP contribution in [0.4, 0.5) is 4.79 Å². The van der Waals surface area contributed by atoms with Crippen molar-refractivity contribution in [3.63, 3.8) is 0 Å². The van der Waals surface area contributed by atoms with Crippen LogP contribution in [0.3, 0.4) is 0 Å². The Kier molecular flexibility index (Phi) is 4.66. The number of benzene rings is 1. The van der Waals surface area contributed by atoms with Crippen molar-refractivity contribution in [1.82, 2.24) is 5.32 Å². The van der Waals surface area contributed by atoms with Crippen LogP contribution in [0.5, 0.6) is 0 Å². The molecule has 0 spiro atoms. The van der Waals surface area contributed by atoms with Crippen LogP contribution >= 0.6 is 35.0 Å². The Hall–Kier alpha value is -0.490. The summed E-state index contributed by atoms with van der Waals surface area (Å²) >= 11 is 2.26. The van der Waals surface area contributed by atoms with Gasteiger partial charge < -0.3 is 10.1 Å². The van der Waals surface area contributed by atoms with E-state index in [-0.39, 0.29) is 24.5 Å². The number of nitrogens with one attached hydrogen (secondary N) is 1. The summed E-state index contributed by atoms with van der Waals surface area (Å²) in [6, 6.07) is 8.24. The van der Waals surface area contributed by atoms with Crippen molar-refractivity contribution in [2.75, 3.05) is 6.61 Å². The molecule has 1 heterocycles. The van der Waals surface area contributed by atoms with Gasteiger partial charge in [-0.25, -0.2) is 4.79 Å². The van der Waals surface area contributed by atoms with Crippen molar-refractivity contribution in [2.24, 2.45) is 0 Å². The third-order valence-corrected chi connectivity index (χ3v) is 2.85. The highest BCUT2D eigenvalue weighted by molar-refractivity contribution is 14.1. The van der Waals surface area contributed by atoms with E-state index in [9.17, 15) is 4.79 Å². The quantitative estimate of drug-likeness (QED) is 0.799.